The molecular formula is C26H32FN3O2. The fraction of sp³-hybridized carbons (Fsp3) is 0.385. The summed E-state index contributed by atoms with van der Waals surface area (Å²) in [4.78, 5) is 18.4. The van der Waals surface area contributed by atoms with Gasteiger partial charge in [-0.25, -0.2) is 4.39 Å². The summed E-state index contributed by atoms with van der Waals surface area (Å²) in [6.45, 7) is 8.33. The van der Waals surface area contributed by atoms with Crippen LogP contribution in [0.5, 0.6) is 0 Å². The lowest BCUT2D eigenvalue weighted by atomic mass is 9.77. The summed E-state index contributed by atoms with van der Waals surface area (Å²) in [7, 11) is 1.73. The Morgan fingerprint density at radius 3 is 2.47 bits per heavy atom. The van der Waals surface area contributed by atoms with E-state index in [-0.39, 0.29) is 11.2 Å². The first-order valence-electron chi connectivity index (χ1n) is 11.0. The minimum atomic E-state index is -0.652. The number of anilines is 1. The number of carbonyl (C=O) groups excluding carboxylic acids is 1. The Hall–Kier alpha value is -3.15. The van der Waals surface area contributed by atoms with Crippen LogP contribution in [0.15, 0.2) is 71.9 Å². The van der Waals surface area contributed by atoms with Crippen molar-refractivity contribution in [2.75, 3.05) is 25.0 Å². The van der Waals surface area contributed by atoms with Gasteiger partial charge in [0.25, 0.3) is 0 Å². The maximum atomic E-state index is 13.2. The highest BCUT2D eigenvalue weighted by molar-refractivity contribution is 5.86. The molecule has 1 atom stereocenters. The second-order valence-electron chi connectivity index (χ2n) is 8.62. The molecule has 170 valence electrons. The molecule has 1 N–H and O–H groups in total. The predicted molar refractivity (Wildman–Crippen MR) is 127 cm³/mol. The zero-order valence-electron chi connectivity index (χ0n) is 18.9. The first-order chi connectivity index (χ1) is 15.4. The highest BCUT2D eigenvalue weighted by Gasteiger charge is 2.32. The molecule has 1 aliphatic heterocycles. The Bertz CT molecular complexity index is 920. The van der Waals surface area contributed by atoms with Crippen molar-refractivity contribution in [3.05, 3.63) is 78.3 Å². The van der Waals surface area contributed by atoms with Crippen LogP contribution in [0, 0.1) is 11.2 Å². The molecule has 1 fully saturated rings. The maximum Gasteiger partial charge on any atom is 0.150 e. The van der Waals surface area contributed by atoms with Crippen LogP contribution in [0.25, 0.3) is 0 Å². The number of carbonyl (C=O) groups is 1. The number of piperidine rings is 1. The molecule has 3 rings (SSSR count). The predicted octanol–water partition coefficient (Wildman–Crippen LogP) is 4.74. The number of ether oxygens (including phenoxy) is 1. The number of hydrogen-bond donors (Lipinski definition) is 1. The van der Waals surface area contributed by atoms with E-state index < -0.39 is 6.04 Å². The minimum Gasteiger partial charge on any atom is -0.491 e. The molecule has 0 aliphatic carbocycles. The average Bonchev–Trinajstić information content (AvgIpc) is 2.82. The summed E-state index contributed by atoms with van der Waals surface area (Å²) < 4.78 is 18.9. The molecule has 0 amide bonds. The molecule has 1 aliphatic rings. The van der Waals surface area contributed by atoms with Gasteiger partial charge in [0, 0.05) is 32.2 Å². The minimum absolute atomic E-state index is 0.0536. The topological polar surface area (TPSA) is 53.9 Å². The third kappa shape index (κ3) is 6.42. The summed E-state index contributed by atoms with van der Waals surface area (Å²) in [5.74, 6) is 0.926. The monoisotopic (exact) mass is 437 g/mol. The molecule has 1 heterocycles. The molecule has 1 saturated heterocycles. The van der Waals surface area contributed by atoms with Crippen LogP contribution in [0.1, 0.15) is 31.7 Å². The molecular weight excluding hydrogens is 405 g/mol. The van der Waals surface area contributed by atoms with Gasteiger partial charge in [-0.05, 0) is 48.1 Å². The summed E-state index contributed by atoms with van der Waals surface area (Å²) in [6.07, 6.45) is 3.49. The highest BCUT2D eigenvalue weighted by atomic mass is 19.1. The number of nitrogens with one attached hydrogen (secondary N) is 1. The molecule has 1 unspecified atom stereocenters. The van der Waals surface area contributed by atoms with Crippen molar-refractivity contribution in [1.29, 1.82) is 0 Å². The van der Waals surface area contributed by atoms with Crippen LogP contribution in [0.3, 0.4) is 0 Å². The van der Waals surface area contributed by atoms with Crippen LogP contribution in [0.4, 0.5) is 10.1 Å². The molecule has 0 aromatic heterocycles. The van der Waals surface area contributed by atoms with Crippen LogP contribution in [-0.4, -0.2) is 38.3 Å². The molecule has 5 nitrogen and oxygen atoms in total. The Morgan fingerprint density at radius 1 is 1.22 bits per heavy atom. The van der Waals surface area contributed by atoms with Crippen molar-refractivity contribution < 1.29 is 13.9 Å². The van der Waals surface area contributed by atoms with Crippen molar-refractivity contribution in [3.8, 4) is 0 Å². The van der Waals surface area contributed by atoms with Gasteiger partial charge in [0.1, 0.15) is 30.5 Å². The van der Waals surface area contributed by atoms with Crippen molar-refractivity contribution in [1.82, 2.24) is 5.32 Å². The molecule has 6 heteroatoms. The number of amidine groups is 1. The van der Waals surface area contributed by atoms with Crippen molar-refractivity contribution in [3.63, 3.8) is 0 Å². The lowest BCUT2D eigenvalue weighted by Crippen LogP contribution is -2.44. The van der Waals surface area contributed by atoms with Crippen LogP contribution in [0.2, 0.25) is 0 Å². The highest BCUT2D eigenvalue weighted by Crippen LogP contribution is 2.36. The largest absolute Gasteiger partial charge is 0.491 e. The lowest BCUT2D eigenvalue weighted by molar-refractivity contribution is -0.109. The van der Waals surface area contributed by atoms with Gasteiger partial charge >= 0.3 is 0 Å². The summed E-state index contributed by atoms with van der Waals surface area (Å²) in [6, 6.07) is 15.8. The number of hydrogen-bond acceptors (Lipinski definition) is 4. The van der Waals surface area contributed by atoms with Gasteiger partial charge in [0.15, 0.2) is 0 Å². The lowest BCUT2D eigenvalue weighted by Gasteiger charge is -2.41. The smallest absolute Gasteiger partial charge is 0.150 e. The zero-order chi connectivity index (χ0) is 23.0. The van der Waals surface area contributed by atoms with Gasteiger partial charge < -0.3 is 19.7 Å². The van der Waals surface area contributed by atoms with E-state index in [4.69, 9.17) is 4.74 Å². The van der Waals surface area contributed by atoms with E-state index in [1.165, 1.54) is 12.1 Å². The number of benzene rings is 2. The number of halogens is 1. The SMILES string of the molecule is C=C(OCc1ccccc1)C(C=O)N/C(CC1(C)CCN(c2ccc(F)cc2)CC1)=N\C. The van der Waals surface area contributed by atoms with Gasteiger partial charge in [0.2, 0.25) is 0 Å². The molecule has 2 aromatic carbocycles. The molecule has 0 radical (unpaired) electrons. The van der Waals surface area contributed by atoms with Crippen LogP contribution >= 0.6 is 0 Å². The van der Waals surface area contributed by atoms with E-state index in [0.29, 0.717) is 12.4 Å². The van der Waals surface area contributed by atoms with Gasteiger partial charge in [0.05, 0.1) is 5.84 Å². The van der Waals surface area contributed by atoms with Crippen LogP contribution < -0.4 is 10.2 Å². The van der Waals surface area contributed by atoms with E-state index in [1.807, 2.05) is 42.5 Å². The maximum absolute atomic E-state index is 13.2. The molecule has 0 spiro atoms. The fourth-order valence-electron chi connectivity index (χ4n) is 3.94. The number of aliphatic imine (C=N–C) groups is 1. The van der Waals surface area contributed by atoms with Gasteiger partial charge in [-0.3, -0.25) is 4.99 Å². The van der Waals surface area contributed by atoms with Gasteiger partial charge in [-0.15, -0.1) is 0 Å². The molecule has 2 aromatic rings. The fourth-order valence-corrected chi connectivity index (χ4v) is 3.94. The van der Waals surface area contributed by atoms with E-state index in [0.717, 1.165) is 55.7 Å². The van der Waals surface area contributed by atoms with Crippen LogP contribution in [-0.2, 0) is 16.1 Å². The number of aldehydes is 1. The third-order valence-electron chi connectivity index (χ3n) is 6.10. The number of rotatable bonds is 9. The summed E-state index contributed by atoms with van der Waals surface area (Å²) in [5.41, 5.74) is 2.12. The van der Waals surface area contributed by atoms with E-state index in [9.17, 15) is 9.18 Å². The zero-order valence-corrected chi connectivity index (χ0v) is 18.9. The Kier molecular flexibility index (Phi) is 8.03. The quantitative estimate of drug-likeness (QED) is 0.267. The second kappa shape index (κ2) is 10.9. The standard InChI is InChI=1S/C26H32FN3O2/c1-20(32-19-21-7-5-4-6-8-21)24(18-31)29-25(28-3)17-26(2)13-15-30(16-14-26)23-11-9-22(27)10-12-23/h4-12,18,24H,1,13-17,19H2,2-3H3,(H,28,29). The van der Waals surface area contributed by atoms with Gasteiger partial charge in [-0.1, -0.05) is 43.8 Å². The molecule has 0 bridgehead atoms. The number of nitrogens with zero attached hydrogens (tertiary/aromatic N) is 2. The van der Waals surface area contributed by atoms with E-state index >= 15 is 0 Å². The van der Waals surface area contributed by atoms with Crippen molar-refractivity contribution >= 4 is 17.8 Å². The molecule has 0 saturated carbocycles. The first kappa shape index (κ1) is 23.5. The second-order valence-corrected chi connectivity index (χ2v) is 8.62. The van der Waals surface area contributed by atoms with Gasteiger partial charge in [-0.2, -0.15) is 0 Å². The average molecular weight is 438 g/mol. The van der Waals surface area contributed by atoms with E-state index in [2.05, 4.69) is 28.7 Å². The Balaban J connectivity index is 1.52. The Labute approximate surface area is 190 Å². The summed E-state index contributed by atoms with van der Waals surface area (Å²) >= 11 is 0. The van der Waals surface area contributed by atoms with E-state index in [1.54, 1.807) is 7.05 Å². The van der Waals surface area contributed by atoms with Crippen molar-refractivity contribution in [2.24, 2.45) is 10.4 Å². The normalized spacial score (nSPS) is 16.8. The third-order valence-corrected chi connectivity index (χ3v) is 6.10. The molecule has 32 heavy (non-hydrogen) atoms. The Morgan fingerprint density at radius 2 is 1.88 bits per heavy atom. The first-order valence-corrected chi connectivity index (χ1v) is 11.0. The van der Waals surface area contributed by atoms with Crippen molar-refractivity contribution in [2.45, 2.75) is 38.8 Å². The summed E-state index contributed by atoms with van der Waals surface area (Å²) in [5, 5.41) is 3.21.